The summed E-state index contributed by atoms with van der Waals surface area (Å²) in [6.45, 7) is 6.78. The molecular weight excluding hydrogens is 514 g/mol. The summed E-state index contributed by atoms with van der Waals surface area (Å²) in [7, 11) is 0. The summed E-state index contributed by atoms with van der Waals surface area (Å²) in [6, 6.07) is 10.2. The lowest BCUT2D eigenvalue weighted by Crippen LogP contribution is -2.46. The highest BCUT2D eigenvalue weighted by atomic mass is 19.4. The smallest absolute Gasteiger partial charge is 0.475 e. The van der Waals surface area contributed by atoms with Crippen LogP contribution in [0.15, 0.2) is 36.5 Å². The van der Waals surface area contributed by atoms with Crippen LogP contribution in [0.5, 0.6) is 0 Å². The number of H-pyrrole nitrogens is 1. The van der Waals surface area contributed by atoms with Crippen molar-refractivity contribution in [3.05, 3.63) is 42.2 Å². The molecule has 15 heteroatoms. The second-order valence-corrected chi connectivity index (χ2v) is 7.78. The van der Waals surface area contributed by atoms with Gasteiger partial charge in [0, 0.05) is 56.8 Å². The van der Waals surface area contributed by atoms with Gasteiger partial charge in [0.25, 0.3) is 0 Å². The number of carboxylic acid groups (broad SMARTS) is 2. The lowest BCUT2D eigenvalue weighted by molar-refractivity contribution is -0.193. The summed E-state index contributed by atoms with van der Waals surface area (Å²) in [4.78, 5) is 30.7. The van der Waals surface area contributed by atoms with E-state index in [1.807, 2.05) is 24.4 Å². The van der Waals surface area contributed by atoms with E-state index in [-0.39, 0.29) is 0 Å². The van der Waals surface area contributed by atoms with Crippen LogP contribution in [-0.4, -0.2) is 98.7 Å². The number of unbranched alkanes of at least 4 members (excludes halogenated alkanes) is 1. The van der Waals surface area contributed by atoms with Crippen molar-refractivity contribution in [3.8, 4) is 11.4 Å². The van der Waals surface area contributed by atoms with Crippen molar-refractivity contribution in [1.82, 2.24) is 19.8 Å². The molecule has 0 bridgehead atoms. The largest absolute Gasteiger partial charge is 0.490 e. The third-order valence-electron chi connectivity index (χ3n) is 4.90. The Morgan fingerprint density at radius 2 is 1.35 bits per heavy atom. The molecule has 1 fully saturated rings. The summed E-state index contributed by atoms with van der Waals surface area (Å²) in [5.74, 6) is -4.57. The van der Waals surface area contributed by atoms with Gasteiger partial charge >= 0.3 is 24.3 Å². The van der Waals surface area contributed by atoms with Gasteiger partial charge in [0.15, 0.2) is 0 Å². The van der Waals surface area contributed by atoms with Crippen LogP contribution in [0, 0.1) is 0 Å². The van der Waals surface area contributed by atoms with Crippen molar-refractivity contribution in [1.29, 1.82) is 0 Å². The number of carboxylic acids is 2. The van der Waals surface area contributed by atoms with Crippen molar-refractivity contribution in [2.24, 2.45) is 0 Å². The summed E-state index contributed by atoms with van der Waals surface area (Å²) >= 11 is 0. The maximum atomic E-state index is 10.6. The maximum Gasteiger partial charge on any atom is 0.490 e. The van der Waals surface area contributed by atoms with E-state index in [0.717, 1.165) is 63.5 Å². The minimum atomic E-state index is -5.08. The Kier molecular flexibility index (Phi) is 13.1. The molecule has 0 aliphatic carbocycles. The fourth-order valence-corrected chi connectivity index (χ4v) is 3.04. The number of nitrogens with zero attached hydrogens (tertiary/aromatic N) is 3. The van der Waals surface area contributed by atoms with Crippen molar-refractivity contribution < 1.29 is 51.3 Å². The Labute approximate surface area is 208 Å². The predicted octanol–water partition coefficient (Wildman–Crippen LogP) is 3.23. The zero-order chi connectivity index (χ0) is 28.1. The number of imidazole rings is 1. The number of piperazine rings is 1. The van der Waals surface area contributed by atoms with E-state index in [1.165, 1.54) is 5.69 Å². The minimum Gasteiger partial charge on any atom is -0.475 e. The third-order valence-corrected chi connectivity index (χ3v) is 4.90. The molecule has 1 saturated heterocycles. The normalized spacial score (nSPS) is 14.7. The Morgan fingerprint density at radius 3 is 1.81 bits per heavy atom. The van der Waals surface area contributed by atoms with E-state index < -0.39 is 24.3 Å². The summed E-state index contributed by atoms with van der Waals surface area (Å²) in [5, 5.41) is 23.1. The third kappa shape index (κ3) is 13.1. The Morgan fingerprint density at radius 1 is 0.865 bits per heavy atom. The molecule has 1 aliphatic rings. The van der Waals surface area contributed by atoms with Crippen LogP contribution in [0.25, 0.3) is 11.4 Å². The van der Waals surface area contributed by atoms with Crippen molar-refractivity contribution in [2.45, 2.75) is 31.7 Å². The summed E-state index contributed by atoms with van der Waals surface area (Å²) in [5.41, 5.74) is 2.31. The van der Waals surface area contributed by atoms with Crippen LogP contribution in [-0.2, 0) is 16.1 Å². The molecule has 1 aromatic heterocycles. The van der Waals surface area contributed by atoms with Gasteiger partial charge in [0.05, 0.1) is 0 Å². The molecule has 1 aliphatic heterocycles. The first-order valence-corrected chi connectivity index (χ1v) is 11.0. The standard InChI is InChI=1S/C18H26N4O.2C2HF3O2/c23-13-5-4-8-21-9-11-22(12-10-21)15-17-14-19-18(20-17)16-6-2-1-3-7-16;2*3-2(4,5)1(6)7/h1-3,6-7,14,23H,4-5,8-13,15H2,(H,19,20);2*(H,6,7). The molecule has 0 radical (unpaired) electrons. The quantitative estimate of drug-likeness (QED) is 0.310. The van der Waals surface area contributed by atoms with Gasteiger partial charge in [0.2, 0.25) is 0 Å². The maximum absolute atomic E-state index is 10.6. The lowest BCUT2D eigenvalue weighted by Gasteiger charge is -2.34. The first-order chi connectivity index (χ1) is 17.2. The van der Waals surface area contributed by atoms with Gasteiger partial charge < -0.3 is 25.2 Å². The van der Waals surface area contributed by atoms with Crippen LogP contribution < -0.4 is 0 Å². The Balaban J connectivity index is 0.000000404. The number of carbonyl (C=O) groups is 2. The highest BCUT2D eigenvalue weighted by Gasteiger charge is 2.38. The first kappa shape index (κ1) is 31.9. The molecule has 0 spiro atoms. The molecule has 0 atom stereocenters. The van der Waals surface area contributed by atoms with Crippen LogP contribution in [0.1, 0.15) is 18.5 Å². The number of alkyl halides is 6. The monoisotopic (exact) mass is 542 g/mol. The van der Waals surface area contributed by atoms with Crippen LogP contribution in [0.2, 0.25) is 0 Å². The fourth-order valence-electron chi connectivity index (χ4n) is 3.04. The van der Waals surface area contributed by atoms with Crippen molar-refractivity contribution in [2.75, 3.05) is 39.3 Å². The second-order valence-electron chi connectivity index (χ2n) is 7.78. The molecule has 9 nitrogen and oxygen atoms in total. The van der Waals surface area contributed by atoms with Crippen LogP contribution in [0.3, 0.4) is 0 Å². The molecule has 0 amide bonds. The molecule has 0 saturated carbocycles. The number of aliphatic carboxylic acids is 2. The van der Waals surface area contributed by atoms with Gasteiger partial charge in [-0.2, -0.15) is 26.3 Å². The average Bonchev–Trinajstić information content (AvgIpc) is 3.29. The van der Waals surface area contributed by atoms with Crippen molar-refractivity contribution >= 4 is 11.9 Å². The molecule has 0 unspecified atom stereocenters. The lowest BCUT2D eigenvalue weighted by atomic mass is 10.2. The second kappa shape index (κ2) is 15.2. The van der Waals surface area contributed by atoms with E-state index in [1.54, 1.807) is 0 Å². The molecule has 3 rings (SSSR count). The zero-order valence-corrected chi connectivity index (χ0v) is 19.6. The molecule has 208 valence electrons. The number of rotatable bonds is 7. The van der Waals surface area contributed by atoms with E-state index in [4.69, 9.17) is 24.9 Å². The molecule has 37 heavy (non-hydrogen) atoms. The number of aliphatic hydroxyl groups excluding tert-OH is 1. The minimum absolute atomic E-state index is 0.309. The molecular formula is C22H28F6N4O5. The number of hydrogen-bond acceptors (Lipinski definition) is 6. The Hall–Kier alpha value is -3.17. The first-order valence-electron chi connectivity index (χ1n) is 11.0. The molecule has 2 heterocycles. The Bertz CT molecular complexity index is 921. The highest BCUT2D eigenvalue weighted by Crippen LogP contribution is 2.16. The van der Waals surface area contributed by atoms with Gasteiger partial charge in [-0.3, -0.25) is 4.90 Å². The fraction of sp³-hybridized carbons (Fsp3) is 0.500. The van der Waals surface area contributed by atoms with Gasteiger partial charge in [-0.1, -0.05) is 30.3 Å². The molecule has 4 N–H and O–H groups in total. The number of aromatic amines is 1. The zero-order valence-electron chi connectivity index (χ0n) is 19.6. The van der Waals surface area contributed by atoms with E-state index in [0.29, 0.717) is 6.61 Å². The van der Waals surface area contributed by atoms with E-state index >= 15 is 0 Å². The molecule has 1 aromatic carbocycles. The van der Waals surface area contributed by atoms with Crippen LogP contribution >= 0.6 is 0 Å². The average molecular weight is 542 g/mol. The van der Waals surface area contributed by atoms with Crippen LogP contribution in [0.4, 0.5) is 26.3 Å². The topological polar surface area (TPSA) is 130 Å². The van der Waals surface area contributed by atoms with E-state index in [9.17, 15) is 26.3 Å². The number of aromatic nitrogens is 2. The van der Waals surface area contributed by atoms with Gasteiger partial charge in [0.1, 0.15) is 5.82 Å². The number of hydrogen-bond donors (Lipinski definition) is 4. The highest BCUT2D eigenvalue weighted by molar-refractivity contribution is 5.73. The SMILES string of the molecule is O=C(O)C(F)(F)F.O=C(O)C(F)(F)F.OCCCCN1CCN(Cc2cnc(-c3ccccc3)[nH]2)CC1. The number of benzene rings is 1. The van der Waals surface area contributed by atoms with E-state index in [2.05, 4.69) is 31.9 Å². The summed E-state index contributed by atoms with van der Waals surface area (Å²) < 4.78 is 63.5. The predicted molar refractivity (Wildman–Crippen MR) is 119 cm³/mol. The summed E-state index contributed by atoms with van der Waals surface area (Å²) in [6.07, 6.45) is -6.20. The number of halogens is 6. The van der Waals surface area contributed by atoms with Gasteiger partial charge in [-0.15, -0.1) is 0 Å². The number of aliphatic hydroxyl groups is 1. The number of nitrogens with one attached hydrogen (secondary N) is 1. The van der Waals surface area contributed by atoms with Gasteiger partial charge in [-0.25, -0.2) is 14.6 Å². The van der Waals surface area contributed by atoms with Gasteiger partial charge in [-0.05, 0) is 19.4 Å². The van der Waals surface area contributed by atoms with Crippen molar-refractivity contribution in [3.63, 3.8) is 0 Å². The molecule has 2 aromatic rings.